The molecule has 2 rings (SSSR count). The molecule has 112 valence electrons. The van der Waals surface area contributed by atoms with Crippen LogP contribution in [0.25, 0.3) is 0 Å². The molecule has 1 aromatic carbocycles. The van der Waals surface area contributed by atoms with Crippen LogP contribution >= 0.6 is 34.4 Å². The summed E-state index contributed by atoms with van der Waals surface area (Å²) in [5, 5.41) is 3.07. The van der Waals surface area contributed by atoms with E-state index in [1.54, 1.807) is 31.0 Å². The predicted molar refractivity (Wildman–Crippen MR) is 91.0 cm³/mol. The average Bonchev–Trinajstić information content (AvgIpc) is 2.49. The summed E-state index contributed by atoms with van der Waals surface area (Å²) in [6.07, 6.45) is 0. The summed E-state index contributed by atoms with van der Waals surface area (Å²) in [6.45, 7) is 0.448. The number of rotatable bonds is 6. The number of halogens is 2. The van der Waals surface area contributed by atoms with Gasteiger partial charge in [-0.15, -0.1) is 11.8 Å². The van der Waals surface area contributed by atoms with Crippen molar-refractivity contribution in [2.45, 2.75) is 17.3 Å². The first kappa shape index (κ1) is 16.4. The monoisotopic (exact) mass is 419 g/mol. The lowest BCUT2D eigenvalue weighted by Gasteiger charge is -2.10. The number of aromatic nitrogens is 2. The van der Waals surface area contributed by atoms with E-state index in [0.29, 0.717) is 12.4 Å². The van der Waals surface area contributed by atoms with E-state index in [1.165, 1.54) is 12.1 Å². The molecule has 2 aromatic rings. The summed E-state index contributed by atoms with van der Waals surface area (Å²) < 4.78 is 19.0. The van der Waals surface area contributed by atoms with Gasteiger partial charge in [0, 0.05) is 19.1 Å². The Labute approximate surface area is 141 Å². The zero-order valence-electron chi connectivity index (χ0n) is 11.7. The van der Waals surface area contributed by atoms with Gasteiger partial charge in [-0.05, 0) is 46.9 Å². The number of nitrogens with zero attached hydrogens (tertiary/aromatic N) is 2. The molecule has 1 aromatic heterocycles. The van der Waals surface area contributed by atoms with Crippen LogP contribution in [0.1, 0.15) is 11.5 Å². The molecule has 0 amide bonds. The van der Waals surface area contributed by atoms with Gasteiger partial charge in [0.15, 0.2) is 0 Å². The number of hydrogen-bond donors (Lipinski definition) is 1. The standard InChI is InChI=1S/C14H15FIN3OS/c1-17-14-13(16)11(7-20-2)18-12(19-14)8-21-10-5-3-9(15)4-6-10/h3-6H,7-8H2,1-2H3,(H,17,18,19). The van der Waals surface area contributed by atoms with Gasteiger partial charge in [-0.1, -0.05) is 0 Å². The van der Waals surface area contributed by atoms with Gasteiger partial charge in [-0.2, -0.15) is 0 Å². The van der Waals surface area contributed by atoms with Crippen molar-refractivity contribution in [3.63, 3.8) is 0 Å². The quantitative estimate of drug-likeness (QED) is 0.572. The molecule has 0 aliphatic rings. The highest BCUT2D eigenvalue weighted by molar-refractivity contribution is 14.1. The van der Waals surface area contributed by atoms with Crippen LogP contribution in [0.15, 0.2) is 29.2 Å². The number of ether oxygens (including phenoxy) is 1. The number of anilines is 1. The van der Waals surface area contributed by atoms with Crippen LogP contribution in [-0.4, -0.2) is 24.1 Å². The molecule has 0 unspecified atom stereocenters. The first-order valence-electron chi connectivity index (χ1n) is 6.24. The minimum absolute atomic E-state index is 0.232. The third-order valence-electron chi connectivity index (χ3n) is 2.67. The van der Waals surface area contributed by atoms with E-state index in [2.05, 4.69) is 37.9 Å². The smallest absolute Gasteiger partial charge is 0.143 e. The fraction of sp³-hybridized carbons (Fsp3) is 0.286. The molecule has 0 fully saturated rings. The molecule has 0 aliphatic heterocycles. The molecular weight excluding hydrogens is 404 g/mol. The zero-order chi connectivity index (χ0) is 15.2. The number of benzene rings is 1. The number of nitrogens with one attached hydrogen (secondary N) is 1. The Hall–Kier alpha value is -0.930. The van der Waals surface area contributed by atoms with Crippen molar-refractivity contribution >= 4 is 40.2 Å². The van der Waals surface area contributed by atoms with Crippen LogP contribution in [0.2, 0.25) is 0 Å². The van der Waals surface area contributed by atoms with Crippen molar-refractivity contribution in [3.8, 4) is 0 Å². The van der Waals surface area contributed by atoms with Gasteiger partial charge in [0.1, 0.15) is 17.5 Å². The highest BCUT2D eigenvalue weighted by Crippen LogP contribution is 2.25. The fourth-order valence-corrected chi connectivity index (χ4v) is 3.11. The highest BCUT2D eigenvalue weighted by Gasteiger charge is 2.11. The maximum absolute atomic E-state index is 12.9. The summed E-state index contributed by atoms with van der Waals surface area (Å²) in [7, 11) is 3.47. The first-order valence-corrected chi connectivity index (χ1v) is 8.30. The van der Waals surface area contributed by atoms with Crippen molar-refractivity contribution in [3.05, 3.63) is 45.2 Å². The first-order chi connectivity index (χ1) is 10.1. The second-order valence-corrected chi connectivity index (χ2v) is 6.30. The molecule has 7 heteroatoms. The Bertz CT molecular complexity index is 610. The minimum Gasteiger partial charge on any atom is -0.378 e. The van der Waals surface area contributed by atoms with Gasteiger partial charge in [-0.25, -0.2) is 14.4 Å². The molecule has 21 heavy (non-hydrogen) atoms. The van der Waals surface area contributed by atoms with Crippen molar-refractivity contribution in [2.24, 2.45) is 0 Å². The molecule has 0 radical (unpaired) electrons. The van der Waals surface area contributed by atoms with Crippen LogP contribution in [0, 0.1) is 9.39 Å². The molecule has 0 atom stereocenters. The van der Waals surface area contributed by atoms with Gasteiger partial charge in [-0.3, -0.25) is 0 Å². The van der Waals surface area contributed by atoms with E-state index in [-0.39, 0.29) is 5.82 Å². The van der Waals surface area contributed by atoms with Crippen LogP contribution in [0.5, 0.6) is 0 Å². The van der Waals surface area contributed by atoms with E-state index < -0.39 is 0 Å². The normalized spacial score (nSPS) is 10.7. The Morgan fingerprint density at radius 2 is 2.00 bits per heavy atom. The summed E-state index contributed by atoms with van der Waals surface area (Å²) in [5.41, 5.74) is 0.868. The Morgan fingerprint density at radius 1 is 1.29 bits per heavy atom. The summed E-state index contributed by atoms with van der Waals surface area (Å²) in [4.78, 5) is 9.99. The number of methoxy groups -OCH3 is 1. The van der Waals surface area contributed by atoms with Gasteiger partial charge in [0.05, 0.1) is 21.6 Å². The largest absolute Gasteiger partial charge is 0.378 e. The van der Waals surface area contributed by atoms with Crippen LogP contribution in [0.3, 0.4) is 0 Å². The average molecular weight is 419 g/mol. The zero-order valence-corrected chi connectivity index (χ0v) is 14.7. The Morgan fingerprint density at radius 3 is 2.62 bits per heavy atom. The molecular formula is C14H15FIN3OS. The predicted octanol–water partition coefficient (Wildman–Crippen LogP) is 3.70. The van der Waals surface area contributed by atoms with Crippen molar-refractivity contribution in [2.75, 3.05) is 19.5 Å². The molecule has 4 nitrogen and oxygen atoms in total. The molecule has 0 saturated carbocycles. The third-order valence-corrected chi connectivity index (χ3v) is 4.81. The lowest BCUT2D eigenvalue weighted by molar-refractivity contribution is 0.180. The minimum atomic E-state index is -0.232. The second-order valence-electron chi connectivity index (χ2n) is 4.17. The topological polar surface area (TPSA) is 47.0 Å². The molecule has 0 aliphatic carbocycles. The molecule has 0 saturated heterocycles. The Balaban J connectivity index is 2.15. The van der Waals surface area contributed by atoms with Crippen molar-refractivity contribution in [1.82, 2.24) is 9.97 Å². The molecule has 0 spiro atoms. The van der Waals surface area contributed by atoms with E-state index in [9.17, 15) is 4.39 Å². The summed E-state index contributed by atoms with van der Waals surface area (Å²) in [6, 6.07) is 6.41. The van der Waals surface area contributed by atoms with Crippen molar-refractivity contribution in [1.29, 1.82) is 0 Å². The molecule has 1 N–H and O–H groups in total. The summed E-state index contributed by atoms with van der Waals surface area (Å²) >= 11 is 3.78. The van der Waals surface area contributed by atoms with Gasteiger partial charge < -0.3 is 10.1 Å². The highest BCUT2D eigenvalue weighted by atomic mass is 127. The van der Waals surface area contributed by atoms with Crippen LogP contribution in [-0.2, 0) is 17.1 Å². The third kappa shape index (κ3) is 4.52. The maximum Gasteiger partial charge on any atom is 0.143 e. The van der Waals surface area contributed by atoms with E-state index in [0.717, 1.165) is 25.8 Å². The fourth-order valence-electron chi connectivity index (χ4n) is 1.69. The molecule has 0 bridgehead atoms. The van der Waals surface area contributed by atoms with Crippen LogP contribution < -0.4 is 5.32 Å². The number of thioether (sulfide) groups is 1. The SMILES string of the molecule is CNc1nc(CSc2ccc(F)cc2)nc(COC)c1I. The Kier molecular flexibility index (Phi) is 6.19. The van der Waals surface area contributed by atoms with Crippen molar-refractivity contribution < 1.29 is 9.13 Å². The van der Waals surface area contributed by atoms with E-state index in [4.69, 9.17) is 4.74 Å². The van der Waals surface area contributed by atoms with Crippen LogP contribution in [0.4, 0.5) is 10.2 Å². The van der Waals surface area contributed by atoms with E-state index >= 15 is 0 Å². The lowest BCUT2D eigenvalue weighted by atomic mass is 10.4. The lowest BCUT2D eigenvalue weighted by Crippen LogP contribution is -2.07. The van der Waals surface area contributed by atoms with E-state index in [1.807, 2.05) is 7.05 Å². The molecule has 1 heterocycles. The second kappa shape index (κ2) is 7.90. The van der Waals surface area contributed by atoms with Gasteiger partial charge >= 0.3 is 0 Å². The summed E-state index contributed by atoms with van der Waals surface area (Å²) in [5.74, 6) is 1.91. The maximum atomic E-state index is 12.9. The van der Waals surface area contributed by atoms with Gasteiger partial charge in [0.2, 0.25) is 0 Å². The number of hydrogen-bond acceptors (Lipinski definition) is 5. The van der Waals surface area contributed by atoms with Gasteiger partial charge in [0.25, 0.3) is 0 Å².